The van der Waals surface area contributed by atoms with Gasteiger partial charge in [-0.2, -0.15) is 0 Å². The largest absolute Gasteiger partial charge is 0.469 e. The number of hydrogen-bond acceptors (Lipinski definition) is 6. The molecule has 1 atom stereocenters. The Morgan fingerprint density at radius 1 is 0.473 bits per heavy atom. The van der Waals surface area contributed by atoms with Gasteiger partial charge in [-0.15, -0.1) is 0 Å². The zero-order valence-electron chi connectivity index (χ0n) is 35.6. The number of carbonyl (C=O) groups is 2. The Hall–Kier alpha value is -1.73. The van der Waals surface area contributed by atoms with Gasteiger partial charge in [0.05, 0.1) is 6.61 Å². The topological polar surface area (TPSA) is 119 Å². The fourth-order valence-electron chi connectivity index (χ4n) is 6.51. The Bertz CT molecular complexity index is 988. The van der Waals surface area contributed by atoms with Crippen LogP contribution in [0.25, 0.3) is 0 Å². The number of ether oxygens (including phenoxy) is 2. The highest BCUT2D eigenvalue weighted by atomic mass is 31.2. The van der Waals surface area contributed by atoms with Crippen molar-refractivity contribution in [2.24, 2.45) is 0 Å². The van der Waals surface area contributed by atoms with E-state index in [1.807, 2.05) is 6.08 Å². The van der Waals surface area contributed by atoms with Gasteiger partial charge in [-0.3, -0.25) is 14.1 Å². The molecule has 0 aromatic rings. The van der Waals surface area contributed by atoms with Crippen LogP contribution in [0.5, 0.6) is 0 Å². The monoisotopic (exact) mass is 797 g/mol. The van der Waals surface area contributed by atoms with Crippen LogP contribution in [0.15, 0.2) is 36.5 Å². The van der Waals surface area contributed by atoms with Gasteiger partial charge in [0.25, 0.3) is 0 Å². The third-order valence-corrected chi connectivity index (χ3v) is 10.4. The fraction of sp³-hybridized carbons (Fsp3) is 0.826. The summed E-state index contributed by atoms with van der Waals surface area (Å²) in [6.07, 6.45) is 50.2. The van der Waals surface area contributed by atoms with E-state index in [9.17, 15) is 14.2 Å². The summed E-state index contributed by atoms with van der Waals surface area (Å²) >= 11 is 0. The fourth-order valence-corrected chi connectivity index (χ4v) is 6.87. The minimum absolute atomic E-state index is 0.197. The molecule has 0 fully saturated rings. The maximum absolute atomic E-state index is 12.4. The van der Waals surface area contributed by atoms with Crippen molar-refractivity contribution in [2.45, 2.75) is 232 Å². The Kier molecular flexibility index (Phi) is 40.6. The van der Waals surface area contributed by atoms with E-state index in [0.29, 0.717) is 12.8 Å². The number of phosphoric acid groups is 1. The van der Waals surface area contributed by atoms with Crippen LogP contribution in [0.1, 0.15) is 226 Å². The van der Waals surface area contributed by atoms with Gasteiger partial charge in [-0.05, 0) is 44.9 Å². The molecule has 0 unspecified atom stereocenters. The van der Waals surface area contributed by atoms with Gasteiger partial charge in [0, 0.05) is 12.8 Å². The molecule has 0 saturated carbocycles. The van der Waals surface area contributed by atoms with Crippen LogP contribution >= 0.6 is 7.82 Å². The molecule has 0 saturated heterocycles. The molecule has 0 heterocycles. The lowest BCUT2D eigenvalue weighted by molar-refractivity contribution is -0.161. The second kappa shape index (κ2) is 41.9. The van der Waals surface area contributed by atoms with E-state index in [4.69, 9.17) is 19.3 Å². The zero-order valence-corrected chi connectivity index (χ0v) is 36.5. The van der Waals surface area contributed by atoms with Crippen LogP contribution in [-0.4, -0.2) is 41.0 Å². The van der Waals surface area contributed by atoms with E-state index < -0.39 is 32.5 Å². The number of carbonyl (C=O) groups excluding carboxylic acids is 2. The highest BCUT2D eigenvalue weighted by molar-refractivity contribution is 7.46. The van der Waals surface area contributed by atoms with Gasteiger partial charge in [0.1, 0.15) is 6.61 Å². The Morgan fingerprint density at radius 3 is 1.27 bits per heavy atom. The molecule has 55 heavy (non-hydrogen) atoms. The zero-order chi connectivity index (χ0) is 40.3. The molecule has 8 nitrogen and oxygen atoms in total. The molecule has 2 N–H and O–H groups in total. The average molecular weight is 797 g/mol. The lowest BCUT2D eigenvalue weighted by atomic mass is 10.0. The molecule has 0 radical (unpaired) electrons. The van der Waals surface area contributed by atoms with E-state index in [2.05, 4.69) is 48.8 Å². The predicted molar refractivity (Wildman–Crippen MR) is 230 cm³/mol. The molecule has 9 heteroatoms. The van der Waals surface area contributed by atoms with Crippen LogP contribution in [0.3, 0.4) is 0 Å². The molecule has 0 aliphatic carbocycles. The van der Waals surface area contributed by atoms with Crippen molar-refractivity contribution in [1.29, 1.82) is 0 Å². The molecule has 0 spiro atoms. The first-order valence-corrected chi connectivity index (χ1v) is 24.3. The number of phosphoric ester groups is 1. The van der Waals surface area contributed by atoms with Crippen molar-refractivity contribution in [2.75, 3.05) is 13.2 Å². The van der Waals surface area contributed by atoms with Crippen LogP contribution < -0.4 is 0 Å². The maximum atomic E-state index is 12.4. The lowest BCUT2D eigenvalue weighted by Gasteiger charge is -2.18. The van der Waals surface area contributed by atoms with E-state index >= 15 is 0 Å². The Morgan fingerprint density at radius 2 is 0.836 bits per heavy atom. The second-order valence-corrected chi connectivity index (χ2v) is 16.6. The standard InChI is InChI=1S/C46H85O8P/c1-3-5-7-9-11-13-15-17-19-21-22-23-25-27-29-31-33-35-37-39-41-46(48)54-44(43-53-55(49,50)51)42-52-45(47)40-38-36-34-32-30-28-26-24-20-18-16-14-12-10-8-6-4-2/h18,20,26,28,32,34,44H,3-17,19,21-25,27,29-31,33,35-43H2,1-2H3,(H2,49,50,51)/b20-18+,28-26+,34-32+/t44-/m1/s1. The highest BCUT2D eigenvalue weighted by Crippen LogP contribution is 2.36. The van der Waals surface area contributed by atoms with Crippen molar-refractivity contribution in [1.82, 2.24) is 0 Å². The highest BCUT2D eigenvalue weighted by Gasteiger charge is 2.22. The van der Waals surface area contributed by atoms with Gasteiger partial charge in [-0.25, -0.2) is 4.57 Å². The molecule has 0 aliphatic rings. The number of rotatable bonds is 42. The summed E-state index contributed by atoms with van der Waals surface area (Å²) in [5.74, 6) is -0.937. The summed E-state index contributed by atoms with van der Waals surface area (Å²) in [5, 5.41) is 0. The van der Waals surface area contributed by atoms with Crippen molar-refractivity contribution < 1.29 is 37.9 Å². The number of unbranched alkanes of at least 4 members (excludes halogenated alkanes) is 26. The van der Waals surface area contributed by atoms with Crippen molar-refractivity contribution in [3.8, 4) is 0 Å². The number of allylic oxidation sites excluding steroid dienone is 6. The smallest absolute Gasteiger partial charge is 0.462 e. The van der Waals surface area contributed by atoms with Crippen LogP contribution in [0, 0.1) is 0 Å². The van der Waals surface area contributed by atoms with Gasteiger partial charge in [0.15, 0.2) is 6.10 Å². The van der Waals surface area contributed by atoms with Gasteiger partial charge in [-0.1, -0.05) is 204 Å². The van der Waals surface area contributed by atoms with Gasteiger partial charge < -0.3 is 19.3 Å². The van der Waals surface area contributed by atoms with Crippen LogP contribution in [-0.2, 0) is 28.2 Å². The van der Waals surface area contributed by atoms with Crippen LogP contribution in [0.2, 0.25) is 0 Å². The third-order valence-electron chi connectivity index (χ3n) is 9.91. The molecule has 322 valence electrons. The minimum Gasteiger partial charge on any atom is -0.462 e. The van der Waals surface area contributed by atoms with E-state index in [0.717, 1.165) is 44.9 Å². The number of hydrogen-bond donors (Lipinski definition) is 2. The predicted octanol–water partition coefficient (Wildman–Crippen LogP) is 14.1. The lowest BCUT2D eigenvalue weighted by Crippen LogP contribution is -2.29. The van der Waals surface area contributed by atoms with Crippen molar-refractivity contribution >= 4 is 19.8 Å². The first kappa shape index (κ1) is 53.3. The first-order chi connectivity index (χ1) is 26.8. The maximum Gasteiger partial charge on any atom is 0.469 e. The summed E-state index contributed by atoms with van der Waals surface area (Å²) in [7, 11) is -4.76. The van der Waals surface area contributed by atoms with Crippen LogP contribution in [0.4, 0.5) is 0 Å². The molecule has 0 aromatic heterocycles. The van der Waals surface area contributed by atoms with Crippen molar-refractivity contribution in [3.05, 3.63) is 36.5 Å². The number of esters is 2. The molecule has 0 bridgehead atoms. The van der Waals surface area contributed by atoms with E-state index in [1.54, 1.807) is 0 Å². The first-order valence-electron chi connectivity index (χ1n) is 22.8. The second-order valence-electron chi connectivity index (χ2n) is 15.4. The molecular weight excluding hydrogens is 711 g/mol. The SMILES string of the molecule is CCCCCCCC/C=C/C/C=C/C/C=C/CCCC(=O)OC[C@H](COP(=O)(O)O)OC(=O)CCCCCCCCCCCCCCCCCCCCCC. The Labute approximate surface area is 338 Å². The summed E-state index contributed by atoms with van der Waals surface area (Å²) < 4.78 is 26.4. The quantitative estimate of drug-likeness (QED) is 0.0271. The van der Waals surface area contributed by atoms with Crippen molar-refractivity contribution in [3.63, 3.8) is 0 Å². The summed E-state index contributed by atoms with van der Waals surface area (Å²) in [4.78, 5) is 42.9. The molecule has 0 rings (SSSR count). The molecule has 0 amide bonds. The molecular formula is C46H85O8P. The third kappa shape index (κ3) is 44.8. The van der Waals surface area contributed by atoms with E-state index in [1.165, 1.54) is 141 Å². The molecule has 0 aromatic carbocycles. The normalized spacial score (nSPS) is 12.7. The van der Waals surface area contributed by atoms with Gasteiger partial charge in [0.2, 0.25) is 0 Å². The summed E-state index contributed by atoms with van der Waals surface area (Å²) in [6, 6.07) is 0. The summed E-state index contributed by atoms with van der Waals surface area (Å²) in [6.45, 7) is 3.66. The average Bonchev–Trinajstić information content (AvgIpc) is 3.16. The minimum atomic E-state index is -4.76. The van der Waals surface area contributed by atoms with Gasteiger partial charge >= 0.3 is 19.8 Å². The molecule has 0 aliphatic heterocycles. The summed E-state index contributed by atoms with van der Waals surface area (Å²) in [5.41, 5.74) is 0. The van der Waals surface area contributed by atoms with E-state index in [-0.39, 0.29) is 19.4 Å². The Balaban J connectivity index is 3.92.